The monoisotopic (exact) mass is 271 g/mol. The summed E-state index contributed by atoms with van der Waals surface area (Å²) in [5.41, 5.74) is 6.52. The molecule has 1 aromatic heterocycles. The van der Waals surface area contributed by atoms with E-state index in [1.54, 1.807) is 7.11 Å². The van der Waals surface area contributed by atoms with Gasteiger partial charge in [-0.05, 0) is 29.5 Å². The Labute approximate surface area is 120 Å². The van der Waals surface area contributed by atoms with Crippen LogP contribution in [0.4, 0.5) is 0 Å². The fraction of sp³-hybridized carbons (Fsp3) is 0.312. The highest BCUT2D eigenvalue weighted by molar-refractivity contribution is 5.28. The van der Waals surface area contributed by atoms with Gasteiger partial charge in [-0.25, -0.2) is 4.98 Å². The SMILES string of the molecule is CCc1cccc(C(Cc2ccc(OC)nc2)NN)c1. The Morgan fingerprint density at radius 2 is 2.10 bits per heavy atom. The van der Waals surface area contributed by atoms with Crippen molar-refractivity contribution in [2.75, 3.05) is 7.11 Å². The number of hydrogen-bond donors (Lipinski definition) is 2. The van der Waals surface area contributed by atoms with Gasteiger partial charge in [0.15, 0.2) is 0 Å². The summed E-state index contributed by atoms with van der Waals surface area (Å²) in [4.78, 5) is 4.22. The molecule has 1 unspecified atom stereocenters. The highest BCUT2D eigenvalue weighted by atomic mass is 16.5. The summed E-state index contributed by atoms with van der Waals surface area (Å²) >= 11 is 0. The number of ether oxygens (including phenoxy) is 1. The van der Waals surface area contributed by atoms with Crippen LogP contribution in [-0.4, -0.2) is 12.1 Å². The molecule has 0 bridgehead atoms. The zero-order valence-corrected chi connectivity index (χ0v) is 12.0. The third-order valence-electron chi connectivity index (χ3n) is 3.41. The predicted molar refractivity (Wildman–Crippen MR) is 80.4 cm³/mol. The summed E-state index contributed by atoms with van der Waals surface area (Å²) in [5, 5.41) is 0. The number of pyridine rings is 1. The van der Waals surface area contributed by atoms with E-state index in [1.165, 1.54) is 11.1 Å². The lowest BCUT2D eigenvalue weighted by molar-refractivity contribution is 0.397. The van der Waals surface area contributed by atoms with Crippen molar-refractivity contribution in [1.82, 2.24) is 10.4 Å². The normalized spacial score (nSPS) is 12.2. The second-order valence-electron chi connectivity index (χ2n) is 4.73. The zero-order valence-electron chi connectivity index (χ0n) is 12.0. The van der Waals surface area contributed by atoms with Crippen molar-refractivity contribution < 1.29 is 4.74 Å². The van der Waals surface area contributed by atoms with Crippen molar-refractivity contribution in [3.8, 4) is 5.88 Å². The molecule has 0 saturated carbocycles. The first-order chi connectivity index (χ1) is 9.76. The van der Waals surface area contributed by atoms with Crippen molar-refractivity contribution in [1.29, 1.82) is 0 Å². The molecule has 1 heterocycles. The van der Waals surface area contributed by atoms with E-state index < -0.39 is 0 Å². The van der Waals surface area contributed by atoms with Gasteiger partial charge in [0.25, 0.3) is 0 Å². The van der Waals surface area contributed by atoms with E-state index in [1.807, 2.05) is 18.3 Å². The van der Waals surface area contributed by atoms with Crippen molar-refractivity contribution >= 4 is 0 Å². The predicted octanol–water partition coefficient (Wildman–Crippen LogP) is 2.40. The number of hydrogen-bond acceptors (Lipinski definition) is 4. The lowest BCUT2D eigenvalue weighted by atomic mass is 9.98. The van der Waals surface area contributed by atoms with Gasteiger partial charge in [0.05, 0.1) is 13.2 Å². The van der Waals surface area contributed by atoms with Crippen molar-refractivity contribution in [2.45, 2.75) is 25.8 Å². The maximum Gasteiger partial charge on any atom is 0.212 e. The van der Waals surface area contributed by atoms with Crippen LogP contribution in [0.25, 0.3) is 0 Å². The van der Waals surface area contributed by atoms with Gasteiger partial charge >= 0.3 is 0 Å². The minimum absolute atomic E-state index is 0.0803. The van der Waals surface area contributed by atoms with Crippen LogP contribution in [0.3, 0.4) is 0 Å². The lowest BCUT2D eigenvalue weighted by Gasteiger charge is -2.17. The summed E-state index contributed by atoms with van der Waals surface area (Å²) in [5.74, 6) is 6.33. The Hall–Kier alpha value is -1.91. The van der Waals surface area contributed by atoms with Crippen LogP contribution >= 0.6 is 0 Å². The van der Waals surface area contributed by atoms with Gasteiger partial charge in [-0.3, -0.25) is 11.3 Å². The van der Waals surface area contributed by atoms with Crippen molar-refractivity contribution in [2.24, 2.45) is 5.84 Å². The molecule has 0 aliphatic rings. The Balaban J connectivity index is 2.14. The number of hydrazine groups is 1. The van der Waals surface area contributed by atoms with Gasteiger partial charge in [-0.2, -0.15) is 0 Å². The van der Waals surface area contributed by atoms with Gasteiger partial charge in [0.2, 0.25) is 5.88 Å². The van der Waals surface area contributed by atoms with Crippen LogP contribution in [0.2, 0.25) is 0 Å². The molecule has 0 aliphatic heterocycles. The smallest absolute Gasteiger partial charge is 0.212 e. The zero-order chi connectivity index (χ0) is 14.4. The largest absolute Gasteiger partial charge is 0.481 e. The molecule has 106 valence electrons. The minimum atomic E-state index is 0.0803. The van der Waals surface area contributed by atoms with Gasteiger partial charge in [0, 0.05) is 12.3 Å². The maximum absolute atomic E-state index is 5.71. The van der Waals surface area contributed by atoms with E-state index in [0.717, 1.165) is 18.4 Å². The molecule has 20 heavy (non-hydrogen) atoms. The number of benzene rings is 1. The number of nitrogens with two attached hydrogens (primary N) is 1. The first-order valence-corrected chi connectivity index (χ1v) is 6.80. The molecule has 0 amide bonds. The Bertz CT molecular complexity index is 540. The quantitative estimate of drug-likeness (QED) is 0.625. The standard InChI is InChI=1S/C16H21N3O/c1-3-12-5-4-6-14(9-12)15(19-17)10-13-7-8-16(20-2)18-11-13/h4-9,11,15,19H,3,10,17H2,1-2H3. The first-order valence-electron chi connectivity index (χ1n) is 6.80. The summed E-state index contributed by atoms with van der Waals surface area (Å²) in [6.07, 6.45) is 3.64. The summed E-state index contributed by atoms with van der Waals surface area (Å²) in [7, 11) is 1.61. The van der Waals surface area contributed by atoms with Gasteiger partial charge in [-0.1, -0.05) is 37.3 Å². The third kappa shape index (κ3) is 3.56. The fourth-order valence-corrected chi connectivity index (χ4v) is 2.19. The molecular formula is C16H21N3O. The molecule has 1 aromatic carbocycles. The molecule has 4 heteroatoms. The number of aryl methyl sites for hydroxylation is 1. The minimum Gasteiger partial charge on any atom is -0.481 e. The summed E-state index contributed by atoms with van der Waals surface area (Å²) < 4.78 is 5.06. The third-order valence-corrected chi connectivity index (χ3v) is 3.41. The summed E-state index contributed by atoms with van der Waals surface area (Å²) in [6, 6.07) is 12.5. The highest BCUT2D eigenvalue weighted by Gasteiger charge is 2.11. The van der Waals surface area contributed by atoms with Crippen molar-refractivity contribution in [3.63, 3.8) is 0 Å². The van der Waals surface area contributed by atoms with Crippen LogP contribution in [0.5, 0.6) is 5.88 Å². The number of nitrogens with zero attached hydrogens (tertiary/aromatic N) is 1. The average molecular weight is 271 g/mol. The van der Waals surface area contributed by atoms with E-state index in [9.17, 15) is 0 Å². The van der Waals surface area contributed by atoms with Gasteiger partial charge in [0.1, 0.15) is 0 Å². The molecule has 0 fully saturated rings. The molecule has 0 radical (unpaired) electrons. The van der Waals surface area contributed by atoms with E-state index in [4.69, 9.17) is 10.6 Å². The lowest BCUT2D eigenvalue weighted by Crippen LogP contribution is -2.29. The molecule has 2 aromatic rings. The van der Waals surface area contributed by atoms with Crippen molar-refractivity contribution in [3.05, 3.63) is 59.3 Å². The van der Waals surface area contributed by atoms with Crippen LogP contribution < -0.4 is 16.0 Å². The van der Waals surface area contributed by atoms with Crippen LogP contribution in [-0.2, 0) is 12.8 Å². The van der Waals surface area contributed by atoms with E-state index in [-0.39, 0.29) is 6.04 Å². The van der Waals surface area contributed by atoms with E-state index in [2.05, 4.69) is 41.6 Å². The average Bonchev–Trinajstić information content (AvgIpc) is 2.53. The molecule has 0 saturated heterocycles. The van der Waals surface area contributed by atoms with E-state index >= 15 is 0 Å². The number of methoxy groups -OCH3 is 1. The number of aromatic nitrogens is 1. The van der Waals surface area contributed by atoms with Gasteiger partial charge in [-0.15, -0.1) is 0 Å². The van der Waals surface area contributed by atoms with Gasteiger partial charge < -0.3 is 4.74 Å². The van der Waals surface area contributed by atoms with Crippen LogP contribution in [0, 0.1) is 0 Å². The Morgan fingerprint density at radius 3 is 2.70 bits per heavy atom. The summed E-state index contributed by atoms with van der Waals surface area (Å²) in [6.45, 7) is 2.15. The highest BCUT2D eigenvalue weighted by Crippen LogP contribution is 2.19. The molecule has 2 rings (SSSR count). The molecule has 1 atom stereocenters. The molecular weight excluding hydrogens is 250 g/mol. The molecule has 0 spiro atoms. The number of rotatable bonds is 6. The fourth-order valence-electron chi connectivity index (χ4n) is 2.19. The van der Waals surface area contributed by atoms with Crippen LogP contribution in [0.15, 0.2) is 42.6 Å². The Morgan fingerprint density at radius 1 is 1.25 bits per heavy atom. The molecule has 4 nitrogen and oxygen atoms in total. The van der Waals surface area contributed by atoms with Crippen LogP contribution in [0.1, 0.15) is 29.7 Å². The molecule has 0 aliphatic carbocycles. The maximum atomic E-state index is 5.71. The topological polar surface area (TPSA) is 60.2 Å². The van der Waals surface area contributed by atoms with E-state index in [0.29, 0.717) is 5.88 Å². The molecule has 3 N–H and O–H groups in total. The number of nitrogens with one attached hydrogen (secondary N) is 1. The second-order valence-corrected chi connectivity index (χ2v) is 4.73. The first kappa shape index (κ1) is 14.5. The Kier molecular flexibility index (Phi) is 5.09. The second kappa shape index (κ2) is 7.03.